The van der Waals surface area contributed by atoms with Crippen LogP contribution in [-0.4, -0.2) is 33.8 Å². The fourth-order valence-electron chi connectivity index (χ4n) is 1.91. The van der Waals surface area contributed by atoms with E-state index in [9.17, 15) is 5.11 Å². The highest BCUT2D eigenvalue weighted by molar-refractivity contribution is 5.59. The Hall–Kier alpha value is -1.36. The topological polar surface area (TPSA) is 70.1 Å². The molecule has 0 atom stereocenters. The van der Waals surface area contributed by atoms with Gasteiger partial charge in [-0.15, -0.1) is 0 Å². The number of anilines is 2. The van der Waals surface area contributed by atoms with Crippen molar-refractivity contribution in [3.05, 3.63) is 11.4 Å². The van der Waals surface area contributed by atoms with Crippen molar-refractivity contribution >= 4 is 11.6 Å². The summed E-state index contributed by atoms with van der Waals surface area (Å²) in [5.74, 6) is 2.57. The summed E-state index contributed by atoms with van der Waals surface area (Å²) in [4.78, 5) is 9.03. The summed E-state index contributed by atoms with van der Waals surface area (Å²) in [7, 11) is 0. The van der Waals surface area contributed by atoms with Crippen molar-refractivity contribution in [2.75, 3.05) is 23.8 Å². The summed E-state index contributed by atoms with van der Waals surface area (Å²) in [5, 5.41) is 16.0. The Kier molecular flexibility index (Phi) is 3.71. The van der Waals surface area contributed by atoms with Gasteiger partial charge in [-0.2, -0.15) is 0 Å². The lowest BCUT2D eigenvalue weighted by atomic mass is 10.2. The third-order valence-corrected chi connectivity index (χ3v) is 3.39. The van der Waals surface area contributed by atoms with Gasteiger partial charge < -0.3 is 15.7 Å². The molecule has 0 aromatic carbocycles. The molecule has 0 bridgehead atoms. The predicted molar refractivity (Wildman–Crippen MR) is 73.0 cm³/mol. The molecule has 2 rings (SSSR count). The van der Waals surface area contributed by atoms with E-state index in [0.29, 0.717) is 0 Å². The molecule has 18 heavy (non-hydrogen) atoms. The van der Waals surface area contributed by atoms with Crippen LogP contribution in [0.5, 0.6) is 0 Å². The molecule has 5 heteroatoms. The van der Waals surface area contributed by atoms with Crippen molar-refractivity contribution in [3.8, 4) is 0 Å². The van der Waals surface area contributed by atoms with Gasteiger partial charge in [0.2, 0.25) is 0 Å². The first-order valence-corrected chi connectivity index (χ1v) is 6.64. The van der Waals surface area contributed by atoms with Crippen molar-refractivity contribution < 1.29 is 5.11 Å². The lowest BCUT2D eigenvalue weighted by molar-refractivity contribution is 0.266. The predicted octanol–water partition coefficient (Wildman–Crippen LogP) is 1.72. The second-order valence-corrected chi connectivity index (χ2v) is 4.91. The van der Waals surface area contributed by atoms with Crippen LogP contribution in [0.2, 0.25) is 0 Å². The van der Waals surface area contributed by atoms with E-state index in [1.54, 1.807) is 0 Å². The van der Waals surface area contributed by atoms with Crippen molar-refractivity contribution in [1.29, 1.82) is 0 Å². The van der Waals surface area contributed by atoms with E-state index in [1.165, 1.54) is 0 Å². The van der Waals surface area contributed by atoms with Crippen LogP contribution < -0.4 is 10.6 Å². The molecule has 3 N–H and O–H groups in total. The van der Waals surface area contributed by atoms with Crippen LogP contribution >= 0.6 is 0 Å². The number of hydrogen-bond acceptors (Lipinski definition) is 5. The molecule has 0 aliphatic heterocycles. The minimum atomic E-state index is -0.145. The van der Waals surface area contributed by atoms with Crippen molar-refractivity contribution in [3.63, 3.8) is 0 Å². The number of nitrogens with zero attached hydrogens (tertiary/aromatic N) is 2. The third kappa shape index (κ3) is 2.56. The zero-order valence-electron chi connectivity index (χ0n) is 11.4. The van der Waals surface area contributed by atoms with Crippen LogP contribution in [0.15, 0.2) is 0 Å². The van der Waals surface area contributed by atoms with Gasteiger partial charge in [0, 0.05) is 18.5 Å². The van der Waals surface area contributed by atoms with E-state index in [-0.39, 0.29) is 12.1 Å². The Bertz CT molecular complexity index is 429. The fourth-order valence-corrected chi connectivity index (χ4v) is 1.91. The minimum Gasteiger partial charge on any atom is -0.394 e. The molecule has 1 aromatic rings. The summed E-state index contributed by atoms with van der Waals surface area (Å²) < 4.78 is 0. The largest absolute Gasteiger partial charge is 0.394 e. The van der Waals surface area contributed by atoms with Crippen molar-refractivity contribution in [2.45, 2.75) is 45.6 Å². The Morgan fingerprint density at radius 2 is 1.89 bits per heavy atom. The van der Waals surface area contributed by atoms with E-state index in [2.05, 4.69) is 27.5 Å². The summed E-state index contributed by atoms with van der Waals surface area (Å²) in [6, 6.07) is 0. The molecular formula is C13H22N4O. The summed E-state index contributed by atoms with van der Waals surface area (Å²) in [6.45, 7) is 7.10. The molecule has 1 heterocycles. The maximum Gasteiger partial charge on any atom is 0.135 e. The smallest absolute Gasteiger partial charge is 0.135 e. The second-order valence-electron chi connectivity index (χ2n) is 4.91. The highest BCUT2D eigenvalue weighted by Crippen LogP contribution is 2.39. The maximum absolute atomic E-state index is 9.39. The molecular weight excluding hydrogens is 228 g/mol. The lowest BCUT2D eigenvalue weighted by Crippen LogP contribution is -2.27. The van der Waals surface area contributed by atoms with Gasteiger partial charge in [0.15, 0.2) is 0 Å². The van der Waals surface area contributed by atoms with Crippen molar-refractivity contribution in [2.24, 2.45) is 0 Å². The summed E-state index contributed by atoms with van der Waals surface area (Å²) in [6.07, 6.45) is 2.81. The van der Waals surface area contributed by atoms with Gasteiger partial charge in [-0.25, -0.2) is 9.97 Å². The Morgan fingerprint density at radius 3 is 2.39 bits per heavy atom. The van der Waals surface area contributed by atoms with Gasteiger partial charge in [0.25, 0.3) is 0 Å². The first-order valence-electron chi connectivity index (χ1n) is 6.64. The number of hydrogen-bond donors (Lipinski definition) is 3. The van der Waals surface area contributed by atoms with Crippen LogP contribution in [-0.2, 0) is 6.42 Å². The highest BCUT2D eigenvalue weighted by atomic mass is 16.3. The molecule has 100 valence electrons. The van der Waals surface area contributed by atoms with Gasteiger partial charge in [-0.05, 0) is 26.7 Å². The Balaban J connectivity index is 2.29. The monoisotopic (exact) mass is 250 g/mol. The van der Waals surface area contributed by atoms with Crippen LogP contribution in [0.4, 0.5) is 11.6 Å². The van der Waals surface area contributed by atoms with E-state index in [4.69, 9.17) is 0 Å². The average Bonchev–Trinajstić information content (AvgIpc) is 3.15. The van der Waals surface area contributed by atoms with Crippen LogP contribution in [0.3, 0.4) is 0 Å². The molecule has 1 aliphatic carbocycles. The number of aryl methyl sites for hydroxylation is 1. The Labute approximate surface area is 108 Å². The normalized spacial score (nSPS) is 16.4. The number of aromatic nitrogens is 2. The minimum absolute atomic E-state index is 0.145. The summed E-state index contributed by atoms with van der Waals surface area (Å²) in [5.41, 5.74) is 0.877. The fraction of sp³-hybridized carbons (Fsp3) is 0.692. The molecule has 1 aromatic heterocycles. The van der Waals surface area contributed by atoms with Gasteiger partial charge >= 0.3 is 0 Å². The SMILES string of the molecule is CCNc1nc(CC)nc(NC2(CO)CC2)c1C. The zero-order valence-corrected chi connectivity index (χ0v) is 11.4. The second kappa shape index (κ2) is 5.10. The van der Waals surface area contributed by atoms with Crippen molar-refractivity contribution in [1.82, 2.24) is 9.97 Å². The third-order valence-electron chi connectivity index (χ3n) is 3.39. The van der Waals surface area contributed by atoms with Gasteiger partial charge in [0.05, 0.1) is 12.1 Å². The molecule has 5 nitrogen and oxygen atoms in total. The lowest BCUT2D eigenvalue weighted by Gasteiger charge is -2.19. The molecule has 1 saturated carbocycles. The quantitative estimate of drug-likeness (QED) is 0.717. The highest BCUT2D eigenvalue weighted by Gasteiger charge is 2.42. The molecule has 0 unspecified atom stereocenters. The summed E-state index contributed by atoms with van der Waals surface area (Å²) >= 11 is 0. The van der Waals surface area contributed by atoms with E-state index in [0.717, 1.165) is 48.8 Å². The maximum atomic E-state index is 9.39. The van der Waals surface area contributed by atoms with E-state index in [1.807, 2.05) is 13.8 Å². The molecule has 0 saturated heterocycles. The molecule has 0 radical (unpaired) electrons. The molecule has 0 amide bonds. The molecule has 0 spiro atoms. The van der Waals surface area contributed by atoms with Gasteiger partial charge in [-0.1, -0.05) is 6.92 Å². The number of nitrogens with one attached hydrogen (secondary N) is 2. The zero-order chi connectivity index (χ0) is 13.2. The molecule has 1 aliphatic rings. The number of aliphatic hydroxyl groups excluding tert-OH is 1. The van der Waals surface area contributed by atoms with E-state index < -0.39 is 0 Å². The van der Waals surface area contributed by atoms with Crippen LogP contribution in [0.25, 0.3) is 0 Å². The van der Waals surface area contributed by atoms with Gasteiger partial charge in [-0.3, -0.25) is 0 Å². The molecule has 1 fully saturated rings. The van der Waals surface area contributed by atoms with Crippen LogP contribution in [0.1, 0.15) is 38.1 Å². The first kappa shape index (κ1) is 13.1. The van der Waals surface area contributed by atoms with Crippen LogP contribution in [0, 0.1) is 6.92 Å². The Morgan fingerprint density at radius 1 is 1.22 bits per heavy atom. The average molecular weight is 250 g/mol. The number of rotatable bonds is 6. The standard InChI is InChI=1S/C13H22N4O/c1-4-10-15-11(14-5-2)9(3)12(16-10)17-13(8-18)6-7-13/h18H,4-8H2,1-3H3,(H2,14,15,16,17). The van der Waals surface area contributed by atoms with Gasteiger partial charge in [0.1, 0.15) is 17.5 Å². The number of aliphatic hydroxyl groups is 1. The van der Waals surface area contributed by atoms with E-state index >= 15 is 0 Å². The first-order chi connectivity index (χ1) is 8.64.